The average Bonchev–Trinajstić information content (AvgIpc) is 2.35. The largest absolute Gasteiger partial charge is 0.434 e. The molecule has 1 aromatic carbocycles. The van der Waals surface area contributed by atoms with Crippen LogP contribution in [0, 0.1) is 0 Å². The van der Waals surface area contributed by atoms with Crippen molar-refractivity contribution in [2.45, 2.75) is 6.92 Å². The van der Waals surface area contributed by atoms with E-state index in [0.29, 0.717) is 5.56 Å². The molecule has 0 aliphatic rings. The Labute approximate surface area is 111 Å². The minimum atomic E-state index is -0.603. The maximum absolute atomic E-state index is 11.6. The van der Waals surface area contributed by atoms with Crippen molar-refractivity contribution in [3.63, 3.8) is 0 Å². The molecule has 0 bridgehead atoms. The van der Waals surface area contributed by atoms with E-state index in [-0.39, 0.29) is 22.6 Å². The van der Waals surface area contributed by atoms with Gasteiger partial charge in [-0.25, -0.2) is 0 Å². The molecule has 0 aliphatic carbocycles. The summed E-state index contributed by atoms with van der Waals surface area (Å²) in [5, 5.41) is -0.203. The quantitative estimate of drug-likeness (QED) is 0.809. The van der Waals surface area contributed by atoms with Gasteiger partial charge in [-0.2, -0.15) is 4.37 Å². The number of halogens is 1. The maximum atomic E-state index is 11.6. The molecule has 5 nitrogen and oxygen atoms in total. The molecule has 0 aliphatic heterocycles. The first-order valence-electron chi connectivity index (χ1n) is 4.90. The lowest BCUT2D eigenvalue weighted by Crippen LogP contribution is -2.09. The Morgan fingerprint density at radius 2 is 2.06 bits per heavy atom. The standard InChI is InChI=1S/C11H7ClN2O3S/c1-6(15)7-4-2-3-5-8(7)17-11-9(16)10(12)13-18-14-11/h2-5H,1H3. The fraction of sp³-hybridized carbons (Fsp3) is 0.0909. The molecule has 7 heteroatoms. The molecule has 0 fully saturated rings. The lowest BCUT2D eigenvalue weighted by molar-refractivity contribution is 0.101. The zero-order valence-corrected chi connectivity index (χ0v) is 10.8. The van der Waals surface area contributed by atoms with E-state index in [1.165, 1.54) is 6.92 Å². The van der Waals surface area contributed by atoms with Gasteiger partial charge in [-0.1, -0.05) is 23.7 Å². The van der Waals surface area contributed by atoms with Crippen LogP contribution >= 0.6 is 23.3 Å². The monoisotopic (exact) mass is 282 g/mol. The van der Waals surface area contributed by atoms with Crippen molar-refractivity contribution in [3.05, 3.63) is 45.2 Å². The van der Waals surface area contributed by atoms with E-state index in [9.17, 15) is 9.59 Å². The summed E-state index contributed by atoms with van der Waals surface area (Å²) in [6.07, 6.45) is 0. The van der Waals surface area contributed by atoms with Crippen molar-refractivity contribution in [1.82, 2.24) is 8.75 Å². The van der Waals surface area contributed by atoms with Gasteiger partial charge in [0, 0.05) is 0 Å². The summed E-state index contributed by atoms with van der Waals surface area (Å²) >= 11 is 6.34. The minimum absolute atomic E-state index is 0.165. The van der Waals surface area contributed by atoms with Gasteiger partial charge in [0.05, 0.1) is 17.3 Å². The molecule has 18 heavy (non-hydrogen) atoms. The van der Waals surface area contributed by atoms with E-state index in [1.54, 1.807) is 24.3 Å². The SMILES string of the molecule is CC(=O)c1ccccc1Oc1nsnc(Cl)c1=O. The summed E-state index contributed by atoms with van der Waals surface area (Å²) < 4.78 is 12.6. The van der Waals surface area contributed by atoms with Crippen LogP contribution in [0.25, 0.3) is 0 Å². The van der Waals surface area contributed by atoms with E-state index in [0.717, 1.165) is 11.7 Å². The first kappa shape index (κ1) is 12.7. The van der Waals surface area contributed by atoms with Crippen molar-refractivity contribution in [2.75, 3.05) is 0 Å². The fourth-order valence-electron chi connectivity index (χ4n) is 1.28. The van der Waals surface area contributed by atoms with Gasteiger partial charge in [-0.3, -0.25) is 9.59 Å². The highest BCUT2D eigenvalue weighted by Gasteiger charge is 2.13. The van der Waals surface area contributed by atoms with Gasteiger partial charge >= 0.3 is 0 Å². The third-order valence-electron chi connectivity index (χ3n) is 2.10. The summed E-state index contributed by atoms with van der Waals surface area (Å²) in [5.41, 5.74) is -0.231. The van der Waals surface area contributed by atoms with Crippen molar-refractivity contribution >= 4 is 29.1 Å². The number of aromatic nitrogens is 2. The Morgan fingerprint density at radius 3 is 2.78 bits per heavy atom. The summed E-state index contributed by atoms with van der Waals surface area (Å²) in [6, 6.07) is 6.58. The van der Waals surface area contributed by atoms with Gasteiger partial charge in [-0.05, 0) is 19.1 Å². The van der Waals surface area contributed by atoms with E-state index in [1.807, 2.05) is 0 Å². The zero-order valence-electron chi connectivity index (χ0n) is 9.21. The molecule has 0 unspecified atom stereocenters. The second-order valence-electron chi connectivity index (χ2n) is 3.34. The number of carbonyl (C=O) groups is 1. The maximum Gasteiger partial charge on any atom is 0.283 e. The molecule has 0 amide bonds. The van der Waals surface area contributed by atoms with E-state index < -0.39 is 5.43 Å². The molecule has 0 spiro atoms. The minimum Gasteiger partial charge on any atom is -0.434 e. The van der Waals surface area contributed by atoms with Crippen molar-refractivity contribution < 1.29 is 9.53 Å². The first-order valence-corrected chi connectivity index (χ1v) is 6.00. The average molecular weight is 283 g/mol. The number of hydrogen-bond donors (Lipinski definition) is 0. The number of carbonyl (C=O) groups excluding carboxylic acids is 1. The van der Waals surface area contributed by atoms with Crippen LogP contribution in [0.5, 0.6) is 11.6 Å². The number of Topliss-reactive ketones (excluding diaryl/α,β-unsaturated/α-hetero) is 1. The van der Waals surface area contributed by atoms with Gasteiger partial charge in [-0.15, -0.1) is 4.37 Å². The van der Waals surface area contributed by atoms with Gasteiger partial charge in [0.1, 0.15) is 5.75 Å². The first-order chi connectivity index (χ1) is 8.59. The molecule has 1 aromatic heterocycles. The molecule has 0 radical (unpaired) electrons. The Kier molecular flexibility index (Phi) is 3.69. The molecule has 1 heterocycles. The number of hydrogen-bond acceptors (Lipinski definition) is 6. The van der Waals surface area contributed by atoms with Crippen LogP contribution < -0.4 is 10.2 Å². The van der Waals surface area contributed by atoms with Crippen LogP contribution in [0.15, 0.2) is 29.1 Å². The van der Waals surface area contributed by atoms with Crippen molar-refractivity contribution in [2.24, 2.45) is 0 Å². The Morgan fingerprint density at radius 1 is 1.33 bits per heavy atom. The molecule has 0 saturated carbocycles. The molecule has 92 valence electrons. The van der Waals surface area contributed by atoms with Gasteiger partial charge < -0.3 is 4.74 Å². The number of rotatable bonds is 3. The Balaban J connectivity index is 2.44. The summed E-state index contributed by atoms with van der Waals surface area (Å²) in [5.74, 6) is -0.0837. The van der Waals surface area contributed by atoms with Crippen LogP contribution in [0.3, 0.4) is 0 Å². The summed E-state index contributed by atoms with van der Waals surface area (Å²) in [6.45, 7) is 1.41. The molecular weight excluding hydrogens is 276 g/mol. The topological polar surface area (TPSA) is 69.2 Å². The number of benzene rings is 1. The smallest absolute Gasteiger partial charge is 0.283 e. The third kappa shape index (κ3) is 2.55. The lowest BCUT2D eigenvalue weighted by Gasteiger charge is -2.06. The molecule has 0 saturated heterocycles. The third-order valence-corrected chi connectivity index (χ3v) is 2.97. The van der Waals surface area contributed by atoms with Gasteiger partial charge in [0.15, 0.2) is 10.9 Å². The lowest BCUT2D eigenvalue weighted by atomic mass is 10.1. The highest BCUT2D eigenvalue weighted by Crippen LogP contribution is 2.23. The van der Waals surface area contributed by atoms with Gasteiger partial charge in [0.25, 0.3) is 11.3 Å². The van der Waals surface area contributed by atoms with Crippen LogP contribution in [-0.4, -0.2) is 14.5 Å². The highest BCUT2D eigenvalue weighted by atomic mass is 35.5. The molecule has 0 N–H and O–H groups in total. The van der Waals surface area contributed by atoms with Crippen LogP contribution in [-0.2, 0) is 0 Å². The normalized spacial score (nSPS) is 10.1. The van der Waals surface area contributed by atoms with E-state index in [2.05, 4.69) is 8.75 Å². The number of para-hydroxylation sites is 1. The molecular formula is C11H7ClN2O3S. The predicted molar refractivity (Wildman–Crippen MR) is 67.7 cm³/mol. The second kappa shape index (κ2) is 5.24. The van der Waals surface area contributed by atoms with E-state index >= 15 is 0 Å². The molecule has 2 rings (SSSR count). The van der Waals surface area contributed by atoms with E-state index in [4.69, 9.17) is 16.3 Å². The number of nitrogens with zero attached hydrogens (tertiary/aromatic N) is 2. The number of ketones is 1. The molecule has 2 aromatic rings. The Hall–Kier alpha value is -1.79. The fourth-order valence-corrected chi connectivity index (χ4v) is 1.84. The van der Waals surface area contributed by atoms with Crippen LogP contribution in [0.4, 0.5) is 0 Å². The Bertz CT molecular complexity index is 657. The summed E-state index contributed by atoms with van der Waals surface area (Å²) in [7, 11) is 0. The predicted octanol–water partition coefficient (Wildman–Crippen LogP) is 2.55. The van der Waals surface area contributed by atoms with Crippen LogP contribution in [0.2, 0.25) is 5.15 Å². The summed E-state index contributed by atoms with van der Waals surface area (Å²) in [4.78, 5) is 23.0. The number of ether oxygens (including phenoxy) is 1. The van der Waals surface area contributed by atoms with Crippen molar-refractivity contribution in [3.8, 4) is 11.6 Å². The van der Waals surface area contributed by atoms with Crippen molar-refractivity contribution in [1.29, 1.82) is 0 Å². The van der Waals surface area contributed by atoms with Gasteiger partial charge in [0.2, 0.25) is 0 Å². The highest BCUT2D eigenvalue weighted by molar-refractivity contribution is 6.99. The molecule has 0 atom stereocenters. The zero-order chi connectivity index (χ0) is 13.1. The second-order valence-corrected chi connectivity index (χ2v) is 4.23. The van der Waals surface area contributed by atoms with Crippen LogP contribution in [0.1, 0.15) is 17.3 Å².